The van der Waals surface area contributed by atoms with Crippen LogP contribution in [-0.2, 0) is 0 Å². The van der Waals surface area contributed by atoms with Crippen molar-refractivity contribution in [2.45, 2.75) is 0 Å². The zero-order valence-corrected chi connectivity index (χ0v) is 13.4. The van der Waals surface area contributed by atoms with Crippen molar-refractivity contribution in [1.29, 1.82) is 0 Å². The monoisotopic (exact) mass is 544 g/mol. The van der Waals surface area contributed by atoms with Crippen molar-refractivity contribution < 1.29 is 19.8 Å². The minimum absolute atomic E-state index is 0.145. The lowest BCUT2D eigenvalue weighted by molar-refractivity contribution is 0.0650. The molecular formula is C8H3I3O4. The summed E-state index contributed by atoms with van der Waals surface area (Å²) in [6.07, 6.45) is 0. The highest BCUT2D eigenvalue weighted by molar-refractivity contribution is 14.1. The van der Waals surface area contributed by atoms with E-state index in [1.165, 1.54) is 6.07 Å². The smallest absolute Gasteiger partial charge is 0.337 e. The number of benzene rings is 1. The van der Waals surface area contributed by atoms with Gasteiger partial charge in [-0.25, -0.2) is 9.59 Å². The van der Waals surface area contributed by atoms with E-state index in [1.54, 1.807) is 0 Å². The first-order chi connectivity index (χ1) is 6.86. The highest BCUT2D eigenvalue weighted by atomic mass is 127. The van der Waals surface area contributed by atoms with Crippen LogP contribution in [0.1, 0.15) is 20.7 Å². The molecule has 0 atom stereocenters. The van der Waals surface area contributed by atoms with E-state index in [1.807, 2.05) is 67.8 Å². The molecule has 0 aliphatic heterocycles. The summed E-state index contributed by atoms with van der Waals surface area (Å²) in [6, 6.07) is 1.37. The molecule has 80 valence electrons. The minimum Gasteiger partial charge on any atom is -0.478 e. The molecule has 2 N–H and O–H groups in total. The van der Waals surface area contributed by atoms with Gasteiger partial charge in [-0.05, 0) is 73.8 Å². The summed E-state index contributed by atoms with van der Waals surface area (Å²) < 4.78 is 1.96. The van der Waals surface area contributed by atoms with Crippen molar-refractivity contribution in [2.24, 2.45) is 0 Å². The Hall–Kier alpha value is 0.350. The van der Waals surface area contributed by atoms with E-state index in [0.29, 0.717) is 3.57 Å². The van der Waals surface area contributed by atoms with Crippen LogP contribution in [0.3, 0.4) is 0 Å². The zero-order chi connectivity index (χ0) is 11.7. The van der Waals surface area contributed by atoms with Gasteiger partial charge >= 0.3 is 11.9 Å². The SMILES string of the molecule is O=C(O)c1cc(I)c(I)c(I)c1C(=O)O. The fourth-order valence-corrected chi connectivity index (χ4v) is 3.31. The first kappa shape index (κ1) is 13.4. The Morgan fingerprint density at radius 1 is 1.00 bits per heavy atom. The number of hydrogen-bond donors (Lipinski definition) is 2. The molecule has 0 aromatic heterocycles. The predicted molar refractivity (Wildman–Crippen MR) is 78.5 cm³/mol. The zero-order valence-electron chi connectivity index (χ0n) is 6.92. The van der Waals surface area contributed by atoms with Gasteiger partial charge in [0.15, 0.2) is 0 Å². The summed E-state index contributed by atoms with van der Waals surface area (Å²) in [5, 5.41) is 17.8. The summed E-state index contributed by atoms with van der Waals surface area (Å²) in [6.45, 7) is 0. The Kier molecular flexibility index (Phi) is 4.58. The van der Waals surface area contributed by atoms with Crippen LogP contribution in [0.25, 0.3) is 0 Å². The van der Waals surface area contributed by atoms with Gasteiger partial charge in [-0.1, -0.05) is 0 Å². The van der Waals surface area contributed by atoms with Gasteiger partial charge in [0.1, 0.15) is 0 Å². The second-order valence-corrected chi connectivity index (χ2v) is 5.84. The Labute approximate surface area is 126 Å². The molecule has 0 radical (unpaired) electrons. The maximum absolute atomic E-state index is 10.9. The molecule has 1 aromatic carbocycles. The molecule has 4 nitrogen and oxygen atoms in total. The highest BCUT2D eigenvalue weighted by Crippen LogP contribution is 2.27. The molecule has 0 saturated heterocycles. The number of carbonyl (C=O) groups is 2. The maximum Gasteiger partial charge on any atom is 0.337 e. The van der Waals surface area contributed by atoms with Gasteiger partial charge in [-0.2, -0.15) is 0 Å². The van der Waals surface area contributed by atoms with Crippen LogP contribution >= 0.6 is 67.8 Å². The van der Waals surface area contributed by atoms with E-state index in [0.717, 1.165) is 7.14 Å². The second-order valence-electron chi connectivity index (χ2n) is 2.52. The normalized spacial score (nSPS) is 10.1. The van der Waals surface area contributed by atoms with Crippen molar-refractivity contribution in [2.75, 3.05) is 0 Å². The fourth-order valence-electron chi connectivity index (χ4n) is 0.973. The average Bonchev–Trinajstić information content (AvgIpc) is 2.12. The van der Waals surface area contributed by atoms with Gasteiger partial charge in [0.2, 0.25) is 0 Å². The number of halogens is 3. The topological polar surface area (TPSA) is 74.6 Å². The first-order valence-electron chi connectivity index (χ1n) is 3.50. The number of hydrogen-bond acceptors (Lipinski definition) is 2. The van der Waals surface area contributed by atoms with Crippen LogP contribution in [0.4, 0.5) is 0 Å². The third-order valence-electron chi connectivity index (χ3n) is 1.61. The Morgan fingerprint density at radius 2 is 1.53 bits per heavy atom. The largest absolute Gasteiger partial charge is 0.478 e. The van der Waals surface area contributed by atoms with Crippen molar-refractivity contribution in [3.05, 3.63) is 27.9 Å². The van der Waals surface area contributed by atoms with Gasteiger partial charge in [-0.15, -0.1) is 0 Å². The number of carboxylic acid groups (broad SMARTS) is 2. The van der Waals surface area contributed by atoms with Crippen molar-refractivity contribution >= 4 is 79.7 Å². The Balaban J connectivity index is 3.65. The lowest BCUT2D eigenvalue weighted by Crippen LogP contribution is -2.12. The van der Waals surface area contributed by atoms with Crippen LogP contribution in [0.5, 0.6) is 0 Å². The van der Waals surface area contributed by atoms with E-state index in [-0.39, 0.29) is 11.1 Å². The Morgan fingerprint density at radius 3 is 1.93 bits per heavy atom. The third-order valence-corrected chi connectivity index (χ3v) is 6.72. The Bertz CT molecular complexity index is 456. The highest BCUT2D eigenvalue weighted by Gasteiger charge is 2.22. The van der Waals surface area contributed by atoms with Crippen LogP contribution in [0.15, 0.2) is 6.07 Å². The summed E-state index contributed by atoms with van der Waals surface area (Å²) in [4.78, 5) is 21.8. The minimum atomic E-state index is -1.22. The van der Waals surface area contributed by atoms with Gasteiger partial charge in [0, 0.05) is 10.7 Å². The lowest BCUT2D eigenvalue weighted by atomic mass is 10.1. The molecular weight excluding hydrogens is 541 g/mol. The van der Waals surface area contributed by atoms with Crippen LogP contribution in [-0.4, -0.2) is 22.2 Å². The molecule has 7 heteroatoms. The summed E-state index contributed by atoms with van der Waals surface area (Å²) in [5.41, 5.74) is -0.315. The molecule has 0 fully saturated rings. The van der Waals surface area contributed by atoms with Crippen LogP contribution < -0.4 is 0 Å². The van der Waals surface area contributed by atoms with Crippen molar-refractivity contribution in [3.63, 3.8) is 0 Å². The fraction of sp³-hybridized carbons (Fsp3) is 0. The molecule has 0 bridgehead atoms. The molecule has 0 amide bonds. The molecule has 1 aromatic rings. The third kappa shape index (κ3) is 2.72. The van der Waals surface area contributed by atoms with Gasteiger partial charge < -0.3 is 10.2 Å². The van der Waals surface area contributed by atoms with Gasteiger partial charge in [-0.3, -0.25) is 0 Å². The number of carboxylic acids is 2. The predicted octanol–water partition coefficient (Wildman–Crippen LogP) is 2.90. The molecule has 0 saturated carbocycles. The molecule has 0 aliphatic rings. The van der Waals surface area contributed by atoms with Crippen LogP contribution in [0, 0.1) is 10.7 Å². The van der Waals surface area contributed by atoms with E-state index in [9.17, 15) is 9.59 Å². The summed E-state index contributed by atoms with van der Waals surface area (Å²) in [7, 11) is 0. The molecule has 15 heavy (non-hydrogen) atoms. The number of aromatic carboxylic acids is 2. The molecule has 1 rings (SSSR count). The molecule has 0 aliphatic carbocycles. The van der Waals surface area contributed by atoms with Crippen molar-refractivity contribution in [1.82, 2.24) is 0 Å². The van der Waals surface area contributed by atoms with E-state index >= 15 is 0 Å². The maximum atomic E-state index is 10.9. The quantitative estimate of drug-likeness (QED) is 0.444. The van der Waals surface area contributed by atoms with Crippen LogP contribution in [0.2, 0.25) is 0 Å². The summed E-state index contributed by atoms with van der Waals surface area (Å²) in [5.74, 6) is -2.44. The molecule has 0 heterocycles. The molecule has 0 spiro atoms. The van der Waals surface area contributed by atoms with Crippen molar-refractivity contribution in [3.8, 4) is 0 Å². The van der Waals surface area contributed by atoms with E-state index in [4.69, 9.17) is 10.2 Å². The van der Waals surface area contributed by atoms with Gasteiger partial charge in [0.05, 0.1) is 11.1 Å². The first-order valence-corrected chi connectivity index (χ1v) is 6.74. The molecule has 0 unspecified atom stereocenters. The lowest BCUT2D eigenvalue weighted by Gasteiger charge is -2.08. The number of rotatable bonds is 2. The second kappa shape index (κ2) is 5.12. The van der Waals surface area contributed by atoms with Gasteiger partial charge in [0.25, 0.3) is 0 Å². The van der Waals surface area contributed by atoms with E-state index < -0.39 is 11.9 Å². The average molecular weight is 544 g/mol. The van der Waals surface area contributed by atoms with E-state index in [2.05, 4.69) is 0 Å². The standard InChI is InChI=1S/C8H3I3O4/c9-3-1-2(7(12)13)4(8(14)15)6(11)5(3)10/h1H,(H,12,13)(H,14,15). The summed E-state index contributed by atoms with van der Waals surface area (Å²) >= 11 is 5.83.